The molecule has 0 amide bonds. The number of sulfonamides is 2. The number of hydrogen-bond donors (Lipinski definition) is 1. The van der Waals surface area contributed by atoms with Crippen LogP contribution in [0.15, 0.2) is 65.8 Å². The molecule has 1 aliphatic rings. The van der Waals surface area contributed by atoms with Crippen LogP contribution in [0.3, 0.4) is 0 Å². The van der Waals surface area contributed by atoms with Gasteiger partial charge in [-0.1, -0.05) is 64.1 Å². The van der Waals surface area contributed by atoms with Crippen LogP contribution in [0, 0.1) is 0 Å². The summed E-state index contributed by atoms with van der Waals surface area (Å²) in [6.07, 6.45) is 6.57. The van der Waals surface area contributed by atoms with Gasteiger partial charge >= 0.3 is 11.0 Å². The lowest BCUT2D eigenvalue weighted by Crippen LogP contribution is -2.30. The first kappa shape index (κ1) is 42.2. The van der Waals surface area contributed by atoms with Crippen LogP contribution in [-0.4, -0.2) is 63.8 Å². The van der Waals surface area contributed by atoms with Gasteiger partial charge in [0.05, 0.1) is 11.6 Å². The predicted molar refractivity (Wildman–Crippen MR) is 165 cm³/mol. The van der Waals surface area contributed by atoms with Crippen LogP contribution >= 0.6 is 0 Å². The normalized spacial score (nSPS) is 15.3. The zero-order chi connectivity index (χ0) is 36.4. The Morgan fingerprint density at radius 1 is 0.702 bits per heavy atom. The molecule has 0 radical (unpaired) electrons. The van der Waals surface area contributed by atoms with E-state index in [4.69, 9.17) is 4.55 Å². The van der Waals surface area contributed by atoms with Gasteiger partial charge in [-0.25, -0.2) is 16.8 Å². The third kappa shape index (κ3) is 13.3. The Balaban J connectivity index is 0.000000356. The highest BCUT2D eigenvalue weighted by atomic mass is 32.3. The molecule has 19 heteroatoms. The number of rotatable bonds is 10. The van der Waals surface area contributed by atoms with Gasteiger partial charge in [-0.15, -0.1) is 0 Å². The van der Waals surface area contributed by atoms with E-state index in [1.807, 2.05) is 0 Å². The van der Waals surface area contributed by atoms with E-state index in [-0.39, 0.29) is 4.90 Å². The van der Waals surface area contributed by atoms with Crippen LogP contribution in [0.5, 0.6) is 0 Å². The van der Waals surface area contributed by atoms with Crippen molar-refractivity contribution in [3.63, 3.8) is 0 Å². The number of hydrogen-bond acceptors (Lipinski definition) is 8. The topological polar surface area (TPSA) is 143 Å². The fourth-order valence-electron chi connectivity index (χ4n) is 3.66. The number of benzene rings is 2. The first-order chi connectivity index (χ1) is 21.4. The molecule has 0 saturated heterocycles. The summed E-state index contributed by atoms with van der Waals surface area (Å²) >= 11 is 0. The maximum atomic E-state index is 11.4. The van der Waals surface area contributed by atoms with Crippen molar-refractivity contribution >= 4 is 30.2 Å². The van der Waals surface area contributed by atoms with Crippen molar-refractivity contribution in [3.05, 3.63) is 81.7 Å². The fourth-order valence-corrected chi connectivity index (χ4v) is 5.85. The lowest BCUT2D eigenvalue weighted by molar-refractivity contribution is -0.0444. The highest BCUT2D eigenvalue weighted by molar-refractivity contribution is 8.13. The number of alkyl halides is 6. The Bertz CT molecular complexity index is 1590. The Kier molecular flexibility index (Phi) is 15.2. The molecule has 2 unspecified atom stereocenters. The quantitative estimate of drug-likeness (QED) is 0.197. The van der Waals surface area contributed by atoms with E-state index < -0.39 is 41.2 Å². The molecule has 268 valence electrons. The van der Waals surface area contributed by atoms with E-state index >= 15 is 0 Å². The van der Waals surface area contributed by atoms with Crippen molar-refractivity contribution in [2.45, 2.75) is 81.8 Å². The minimum Gasteiger partial charge on any atom is -0.421 e. The van der Waals surface area contributed by atoms with Crippen molar-refractivity contribution < 1.29 is 56.1 Å². The first-order valence-electron chi connectivity index (χ1n) is 14.1. The van der Waals surface area contributed by atoms with Gasteiger partial charge in [-0.05, 0) is 60.4 Å². The second-order valence-electron chi connectivity index (χ2n) is 10.4. The summed E-state index contributed by atoms with van der Waals surface area (Å²) in [5.74, 6) is 1.08. The average Bonchev–Trinajstić information content (AvgIpc) is 3.43. The maximum absolute atomic E-state index is 11.4. The van der Waals surface area contributed by atoms with Crippen LogP contribution < -0.4 is 0 Å². The molecule has 0 fully saturated rings. The molecule has 0 saturated carbocycles. The lowest BCUT2D eigenvalue weighted by atomic mass is 9.97. The largest absolute Gasteiger partial charge is 0.480 e. The summed E-state index contributed by atoms with van der Waals surface area (Å²) < 4.78 is 139. The molecule has 1 aliphatic heterocycles. The molecule has 0 spiro atoms. The van der Waals surface area contributed by atoms with Gasteiger partial charge < -0.3 is 13.9 Å². The minimum atomic E-state index is -6.72. The molecule has 47 heavy (non-hydrogen) atoms. The molecule has 2 aromatic rings. The Morgan fingerprint density at radius 2 is 1.09 bits per heavy atom. The van der Waals surface area contributed by atoms with E-state index in [1.54, 1.807) is 12.1 Å². The molecular weight excluding hydrogens is 701 g/mol. The van der Waals surface area contributed by atoms with E-state index in [0.717, 1.165) is 35.9 Å². The Morgan fingerprint density at radius 3 is 1.40 bits per heavy atom. The second-order valence-corrected chi connectivity index (χ2v) is 15.3. The zero-order valence-corrected chi connectivity index (χ0v) is 28.6. The van der Waals surface area contributed by atoms with E-state index in [1.165, 1.54) is 29.7 Å². The smallest absolute Gasteiger partial charge is 0.421 e. The van der Waals surface area contributed by atoms with Gasteiger partial charge in [-0.3, -0.25) is 4.55 Å². The maximum Gasteiger partial charge on any atom is 0.480 e. The van der Waals surface area contributed by atoms with Crippen LogP contribution in [0.1, 0.15) is 76.0 Å². The van der Waals surface area contributed by atoms with Gasteiger partial charge in [0.25, 0.3) is 10.1 Å². The zero-order valence-electron chi connectivity index (χ0n) is 26.2. The lowest BCUT2D eigenvalue weighted by Gasteiger charge is -2.22. The number of halogens is 6. The van der Waals surface area contributed by atoms with Crippen LogP contribution in [0.25, 0.3) is 4.13 Å². The molecule has 1 heterocycles. The summed E-state index contributed by atoms with van der Waals surface area (Å²) in [4.78, 5) is 4.61. The number of nitrogens with zero attached hydrogens (tertiary/aromatic N) is 3. The van der Waals surface area contributed by atoms with Gasteiger partial charge in [-0.2, -0.15) is 34.8 Å². The fraction of sp³-hybridized carbons (Fsp3) is 0.500. The monoisotopic (exact) mass is 738 g/mol. The highest BCUT2D eigenvalue weighted by Crippen LogP contribution is 2.36. The Labute approximate surface area is 272 Å². The van der Waals surface area contributed by atoms with Crippen molar-refractivity contribution in [1.82, 2.24) is 9.80 Å². The summed E-state index contributed by atoms with van der Waals surface area (Å²) in [7, 11) is -17.5. The first-order valence-corrected chi connectivity index (χ1v) is 18.4. The van der Waals surface area contributed by atoms with Crippen LogP contribution in [0.2, 0.25) is 0 Å². The summed E-state index contributed by atoms with van der Waals surface area (Å²) in [5.41, 5.74) is -8.48. The van der Waals surface area contributed by atoms with Gasteiger partial charge in [0.2, 0.25) is 0 Å². The van der Waals surface area contributed by atoms with E-state index in [2.05, 4.69) is 81.1 Å². The summed E-state index contributed by atoms with van der Waals surface area (Å²) in [6.45, 7) is 14.0. The standard InChI is InChI=1S/C16H24N2.C10H14O3S.C2F6NO4S2/c1-4-14(3)16-8-6-15(7-9-16)12-18-11-10-17(5-2)13-18;1-3-8(2)9-4-6-10(7-5-9)14(11,12)13;3-1(4,5)14(10,11)9-15(12,13)2(6,7)8/h6-11,14H,4-5,12-13H2,1-3H3;4-8H,3H2,1-2H3,(H,11,12,13);/q;;-1. The molecule has 0 aromatic heterocycles. The Hall–Kier alpha value is -2.87. The molecule has 1 N–H and O–H groups in total. The summed E-state index contributed by atoms with van der Waals surface area (Å²) in [5, 5.41) is 0. The van der Waals surface area contributed by atoms with Crippen LogP contribution in [-0.2, 0) is 36.7 Å². The van der Waals surface area contributed by atoms with Gasteiger partial charge in [0.15, 0.2) is 20.0 Å². The second kappa shape index (κ2) is 17.0. The predicted octanol–water partition coefficient (Wildman–Crippen LogP) is 7.27. The van der Waals surface area contributed by atoms with Gasteiger partial charge in [0.1, 0.15) is 0 Å². The van der Waals surface area contributed by atoms with E-state index in [0.29, 0.717) is 11.8 Å². The molecule has 2 aromatic carbocycles. The third-order valence-electron chi connectivity index (χ3n) is 6.95. The SMILES string of the molecule is CCC(C)c1ccc(CN2C=CN(CC)C2)cc1.CCC(C)c1ccc(S(=O)(=O)O)cc1.O=S(=O)([N-]S(=O)(=O)C(F)(F)F)C(F)(F)F. The summed E-state index contributed by atoms with van der Waals surface area (Å²) in [6, 6.07) is 15.4. The molecule has 3 rings (SSSR count). The average molecular weight is 739 g/mol. The molecule has 0 bridgehead atoms. The molecule has 2 atom stereocenters. The van der Waals surface area contributed by atoms with Gasteiger partial charge in [0, 0.05) is 25.5 Å². The van der Waals surface area contributed by atoms with Crippen molar-refractivity contribution in [2.24, 2.45) is 0 Å². The third-order valence-corrected chi connectivity index (χ3v) is 10.6. The molecule has 0 aliphatic carbocycles. The highest BCUT2D eigenvalue weighted by Gasteiger charge is 2.47. The molecular formula is C28H38F6N3O7S3-. The van der Waals surface area contributed by atoms with Crippen molar-refractivity contribution in [2.75, 3.05) is 13.2 Å². The van der Waals surface area contributed by atoms with E-state index in [9.17, 15) is 51.6 Å². The minimum absolute atomic E-state index is 0.0513. The van der Waals surface area contributed by atoms with Crippen LogP contribution in [0.4, 0.5) is 26.3 Å². The van der Waals surface area contributed by atoms with Crippen molar-refractivity contribution in [1.29, 1.82) is 0 Å². The van der Waals surface area contributed by atoms with Crippen molar-refractivity contribution in [3.8, 4) is 0 Å². The molecule has 10 nitrogen and oxygen atoms in total.